The Morgan fingerprint density at radius 2 is 2.00 bits per heavy atom. The van der Waals surface area contributed by atoms with Crippen LogP contribution in [0.25, 0.3) is 0 Å². The van der Waals surface area contributed by atoms with Crippen LogP contribution in [0.5, 0.6) is 0 Å². The molecular formula is C13H14BrNO2S2. The minimum atomic E-state index is -3.44. The molecule has 3 nitrogen and oxygen atoms in total. The summed E-state index contributed by atoms with van der Waals surface area (Å²) in [5, 5.41) is 1.95. The molecule has 0 aliphatic carbocycles. The molecule has 1 aromatic carbocycles. The molecule has 0 bridgehead atoms. The van der Waals surface area contributed by atoms with Gasteiger partial charge in [-0.2, -0.15) is 4.31 Å². The zero-order valence-corrected chi connectivity index (χ0v) is 13.8. The van der Waals surface area contributed by atoms with E-state index in [9.17, 15) is 8.42 Å². The van der Waals surface area contributed by atoms with Crippen molar-refractivity contribution >= 4 is 37.3 Å². The maximum absolute atomic E-state index is 12.5. The zero-order valence-electron chi connectivity index (χ0n) is 10.6. The van der Waals surface area contributed by atoms with E-state index in [-0.39, 0.29) is 0 Å². The highest BCUT2D eigenvalue weighted by Gasteiger charge is 2.22. The van der Waals surface area contributed by atoms with E-state index in [4.69, 9.17) is 0 Å². The number of hydrogen-bond donors (Lipinski definition) is 0. The summed E-state index contributed by atoms with van der Waals surface area (Å²) in [6.07, 6.45) is 0. The molecule has 1 heterocycles. The van der Waals surface area contributed by atoms with Gasteiger partial charge in [0.25, 0.3) is 0 Å². The summed E-state index contributed by atoms with van der Waals surface area (Å²) in [5.74, 6) is 0. The van der Waals surface area contributed by atoms with Crippen molar-refractivity contribution in [1.29, 1.82) is 0 Å². The van der Waals surface area contributed by atoms with Crippen LogP contribution < -0.4 is 0 Å². The van der Waals surface area contributed by atoms with Crippen LogP contribution in [0.2, 0.25) is 0 Å². The van der Waals surface area contributed by atoms with Crippen LogP contribution in [0.4, 0.5) is 0 Å². The van der Waals surface area contributed by atoms with Crippen LogP contribution in [0.3, 0.4) is 0 Å². The lowest BCUT2D eigenvalue weighted by molar-refractivity contribution is 0.466. The van der Waals surface area contributed by atoms with Crippen molar-refractivity contribution < 1.29 is 8.42 Å². The van der Waals surface area contributed by atoms with Crippen LogP contribution in [0, 0.1) is 6.92 Å². The fourth-order valence-electron chi connectivity index (χ4n) is 1.78. The van der Waals surface area contributed by atoms with Crippen molar-refractivity contribution in [2.75, 3.05) is 7.05 Å². The second kappa shape index (κ2) is 5.75. The second-order valence-corrected chi connectivity index (χ2v) is 8.59. The van der Waals surface area contributed by atoms with Gasteiger partial charge in [-0.25, -0.2) is 8.42 Å². The fourth-order valence-corrected chi connectivity index (χ4v) is 4.37. The Hall–Kier alpha value is -0.690. The van der Waals surface area contributed by atoms with Crippen molar-refractivity contribution in [2.24, 2.45) is 0 Å². The average Bonchev–Trinajstić information content (AvgIpc) is 2.75. The molecule has 0 saturated carbocycles. The van der Waals surface area contributed by atoms with E-state index in [1.165, 1.54) is 4.31 Å². The highest BCUT2D eigenvalue weighted by atomic mass is 79.9. The first-order chi connectivity index (χ1) is 8.91. The van der Waals surface area contributed by atoms with Crippen LogP contribution >= 0.6 is 27.3 Å². The molecular weight excluding hydrogens is 346 g/mol. The first-order valence-electron chi connectivity index (χ1n) is 5.66. The largest absolute Gasteiger partial charge is 0.243 e. The molecule has 0 spiro atoms. The van der Waals surface area contributed by atoms with Gasteiger partial charge in [-0.05, 0) is 51.5 Å². The molecule has 102 valence electrons. The van der Waals surface area contributed by atoms with Gasteiger partial charge in [0.15, 0.2) is 0 Å². The molecule has 2 rings (SSSR count). The number of thiophene rings is 1. The number of aryl methyl sites for hydroxylation is 1. The fraction of sp³-hybridized carbons (Fsp3) is 0.231. The SMILES string of the molecule is Cc1ccccc1S(=O)(=O)N(C)Cc1csc(Br)c1. The van der Waals surface area contributed by atoms with Crippen molar-refractivity contribution in [3.8, 4) is 0 Å². The lowest BCUT2D eigenvalue weighted by atomic mass is 10.2. The van der Waals surface area contributed by atoms with E-state index in [1.807, 2.05) is 30.5 Å². The maximum Gasteiger partial charge on any atom is 0.243 e. The molecule has 1 aromatic heterocycles. The van der Waals surface area contributed by atoms with Gasteiger partial charge in [0.2, 0.25) is 10.0 Å². The van der Waals surface area contributed by atoms with Crippen LogP contribution in [0.15, 0.2) is 44.4 Å². The summed E-state index contributed by atoms with van der Waals surface area (Å²) in [4.78, 5) is 0.367. The molecule has 0 N–H and O–H groups in total. The summed E-state index contributed by atoms with van der Waals surface area (Å²) >= 11 is 4.93. The van der Waals surface area contributed by atoms with E-state index < -0.39 is 10.0 Å². The number of sulfonamides is 1. The Labute approximate surface area is 126 Å². The number of benzene rings is 1. The van der Waals surface area contributed by atoms with E-state index in [2.05, 4.69) is 15.9 Å². The Morgan fingerprint density at radius 3 is 2.58 bits per heavy atom. The van der Waals surface area contributed by atoms with Crippen molar-refractivity contribution in [2.45, 2.75) is 18.4 Å². The summed E-state index contributed by atoms with van der Waals surface area (Å²) < 4.78 is 27.3. The Morgan fingerprint density at radius 1 is 1.32 bits per heavy atom. The number of halogens is 1. The highest BCUT2D eigenvalue weighted by Crippen LogP contribution is 2.24. The molecule has 0 radical (unpaired) electrons. The van der Waals surface area contributed by atoms with Crippen molar-refractivity contribution in [3.63, 3.8) is 0 Å². The topological polar surface area (TPSA) is 37.4 Å². The predicted octanol–water partition coefficient (Wildman–Crippen LogP) is 3.64. The zero-order chi connectivity index (χ0) is 14.0. The molecule has 0 atom stereocenters. The Kier molecular flexibility index (Phi) is 4.45. The number of hydrogen-bond acceptors (Lipinski definition) is 3. The van der Waals surface area contributed by atoms with Gasteiger partial charge in [0, 0.05) is 13.6 Å². The number of nitrogens with zero attached hydrogens (tertiary/aromatic N) is 1. The first-order valence-corrected chi connectivity index (χ1v) is 8.77. The van der Waals surface area contributed by atoms with Gasteiger partial charge < -0.3 is 0 Å². The highest BCUT2D eigenvalue weighted by molar-refractivity contribution is 9.11. The molecule has 19 heavy (non-hydrogen) atoms. The molecule has 6 heteroatoms. The predicted molar refractivity (Wildman–Crippen MR) is 81.9 cm³/mol. The normalized spacial score (nSPS) is 12.0. The number of rotatable bonds is 4. The average molecular weight is 360 g/mol. The van der Waals surface area contributed by atoms with Gasteiger partial charge in [-0.15, -0.1) is 11.3 Å². The third-order valence-corrected chi connectivity index (χ3v) is 6.33. The summed E-state index contributed by atoms with van der Waals surface area (Å²) in [7, 11) is -1.83. The van der Waals surface area contributed by atoms with Crippen LogP contribution in [0.1, 0.15) is 11.1 Å². The van der Waals surface area contributed by atoms with E-state index in [0.717, 1.165) is 14.9 Å². The van der Waals surface area contributed by atoms with Crippen LogP contribution in [-0.2, 0) is 16.6 Å². The van der Waals surface area contributed by atoms with E-state index in [0.29, 0.717) is 11.4 Å². The first kappa shape index (κ1) is 14.7. The monoisotopic (exact) mass is 359 g/mol. The molecule has 0 amide bonds. The van der Waals surface area contributed by atoms with E-state index >= 15 is 0 Å². The van der Waals surface area contributed by atoms with Gasteiger partial charge in [-0.3, -0.25) is 0 Å². The summed E-state index contributed by atoms with van der Waals surface area (Å²) in [6, 6.07) is 8.97. The molecule has 0 aliphatic heterocycles. The quantitative estimate of drug-likeness (QED) is 0.835. The molecule has 0 fully saturated rings. The lowest BCUT2D eigenvalue weighted by Crippen LogP contribution is -2.26. The second-order valence-electron chi connectivity index (χ2n) is 4.29. The van der Waals surface area contributed by atoms with Gasteiger partial charge in [0.1, 0.15) is 0 Å². The van der Waals surface area contributed by atoms with Gasteiger partial charge in [-0.1, -0.05) is 18.2 Å². The van der Waals surface area contributed by atoms with Crippen molar-refractivity contribution in [3.05, 3.63) is 50.6 Å². The maximum atomic E-state index is 12.5. The minimum Gasteiger partial charge on any atom is -0.207 e. The lowest BCUT2D eigenvalue weighted by Gasteiger charge is -2.17. The Bertz CT molecular complexity index is 679. The third-order valence-electron chi connectivity index (χ3n) is 2.81. The molecule has 0 unspecified atom stereocenters. The van der Waals surface area contributed by atoms with Gasteiger partial charge >= 0.3 is 0 Å². The third kappa shape index (κ3) is 3.25. The summed E-state index contributed by atoms with van der Waals surface area (Å²) in [6.45, 7) is 2.18. The molecule has 0 aliphatic rings. The Balaban J connectivity index is 2.27. The van der Waals surface area contributed by atoms with E-state index in [1.54, 1.807) is 30.5 Å². The standard InChI is InChI=1S/C13H14BrNO2S2/c1-10-5-3-4-6-12(10)19(16,17)15(2)8-11-7-13(14)18-9-11/h3-7,9H,8H2,1-2H3. The smallest absolute Gasteiger partial charge is 0.207 e. The molecule has 0 saturated heterocycles. The van der Waals surface area contributed by atoms with Crippen LogP contribution in [-0.4, -0.2) is 19.8 Å². The minimum absolute atomic E-state index is 0.367. The van der Waals surface area contributed by atoms with Crippen molar-refractivity contribution in [1.82, 2.24) is 4.31 Å². The van der Waals surface area contributed by atoms with Gasteiger partial charge in [0.05, 0.1) is 8.68 Å². The molecule has 2 aromatic rings. The summed E-state index contributed by atoms with van der Waals surface area (Å²) in [5.41, 5.74) is 1.75.